The van der Waals surface area contributed by atoms with Crippen molar-refractivity contribution >= 4 is 0 Å². The molecule has 2 heteroatoms. The third-order valence-electron chi connectivity index (χ3n) is 8.95. The molecule has 0 fully saturated rings. The van der Waals surface area contributed by atoms with Crippen LogP contribution in [0.15, 0.2) is 36.4 Å². The molecular weight excluding hydrogens is 500 g/mol. The van der Waals surface area contributed by atoms with Gasteiger partial charge < -0.3 is 10.2 Å². The van der Waals surface area contributed by atoms with E-state index in [0.717, 1.165) is 24.0 Å². The molecule has 0 atom stereocenters. The van der Waals surface area contributed by atoms with Crippen molar-refractivity contribution in [3.8, 4) is 11.5 Å². The van der Waals surface area contributed by atoms with Crippen molar-refractivity contribution < 1.29 is 10.2 Å². The van der Waals surface area contributed by atoms with Crippen LogP contribution in [0.2, 0.25) is 0 Å². The highest BCUT2D eigenvalue weighted by molar-refractivity contribution is 5.48. The Bertz CT molecular complexity index is 829. The Balaban J connectivity index is 1.75. The number of phenolic OH excluding ortho intramolecular Hbond substituents is 2. The summed E-state index contributed by atoms with van der Waals surface area (Å²) in [6, 6.07) is 11.9. The largest absolute Gasteiger partial charge is 0.508 e. The van der Waals surface area contributed by atoms with Crippen molar-refractivity contribution in [3.05, 3.63) is 58.7 Å². The van der Waals surface area contributed by atoms with Gasteiger partial charge in [-0.2, -0.15) is 0 Å². The van der Waals surface area contributed by atoms with Gasteiger partial charge in [0.1, 0.15) is 11.5 Å². The molecule has 0 heterocycles. The number of benzene rings is 2. The van der Waals surface area contributed by atoms with Gasteiger partial charge in [-0.1, -0.05) is 167 Å². The van der Waals surface area contributed by atoms with Gasteiger partial charge in [0.15, 0.2) is 0 Å². The van der Waals surface area contributed by atoms with E-state index in [1.54, 1.807) is 0 Å². The number of rotatable bonds is 26. The number of phenols is 2. The average Bonchev–Trinajstić information content (AvgIpc) is 2.97. The van der Waals surface area contributed by atoms with Crippen LogP contribution < -0.4 is 0 Å². The van der Waals surface area contributed by atoms with Crippen LogP contribution in [0.25, 0.3) is 0 Å². The number of unbranched alkanes of at least 4 members (excludes halogenated alkanes) is 20. The van der Waals surface area contributed by atoms with Crippen molar-refractivity contribution in [1.82, 2.24) is 0 Å². The first kappa shape index (κ1) is 35.2. The lowest BCUT2D eigenvalue weighted by Gasteiger charge is -2.16. The Morgan fingerprint density at radius 1 is 0.390 bits per heavy atom. The maximum atomic E-state index is 10.8. The van der Waals surface area contributed by atoms with E-state index in [2.05, 4.69) is 26.0 Å². The van der Waals surface area contributed by atoms with E-state index in [0.29, 0.717) is 17.9 Å². The predicted octanol–water partition coefficient (Wildman–Crippen LogP) is 12.4. The van der Waals surface area contributed by atoms with Gasteiger partial charge in [0.25, 0.3) is 0 Å². The fourth-order valence-electron chi connectivity index (χ4n) is 6.25. The minimum absolute atomic E-state index is 0.370. The summed E-state index contributed by atoms with van der Waals surface area (Å²) in [5.74, 6) is 0.740. The maximum Gasteiger partial charge on any atom is 0.119 e. The van der Waals surface area contributed by atoms with Gasteiger partial charge in [-0.05, 0) is 48.9 Å². The third-order valence-corrected chi connectivity index (χ3v) is 8.95. The highest BCUT2D eigenvalue weighted by Crippen LogP contribution is 2.32. The van der Waals surface area contributed by atoms with E-state index in [1.165, 1.54) is 152 Å². The van der Waals surface area contributed by atoms with E-state index >= 15 is 0 Å². The Hall–Kier alpha value is -1.96. The number of hydrogen-bond donors (Lipinski definition) is 2. The quantitative estimate of drug-likeness (QED) is 0.112. The van der Waals surface area contributed by atoms with Crippen molar-refractivity contribution in [3.63, 3.8) is 0 Å². The summed E-state index contributed by atoms with van der Waals surface area (Å²) >= 11 is 0. The molecule has 232 valence electrons. The van der Waals surface area contributed by atoms with E-state index < -0.39 is 0 Å². The molecule has 0 bridgehead atoms. The highest BCUT2D eigenvalue weighted by atomic mass is 16.3. The van der Waals surface area contributed by atoms with Crippen molar-refractivity contribution in [1.29, 1.82) is 0 Å². The van der Waals surface area contributed by atoms with E-state index in [1.807, 2.05) is 24.3 Å². The molecular formula is C39H64O2. The van der Waals surface area contributed by atoms with Crippen LogP contribution in [0.1, 0.15) is 177 Å². The molecule has 0 aliphatic rings. The lowest BCUT2D eigenvalue weighted by molar-refractivity contribution is 0.461. The van der Waals surface area contributed by atoms with Crippen LogP contribution >= 0.6 is 0 Å². The second kappa shape index (κ2) is 23.6. The van der Waals surface area contributed by atoms with Crippen molar-refractivity contribution in [2.45, 2.75) is 174 Å². The van der Waals surface area contributed by atoms with Gasteiger partial charge in [0.05, 0.1) is 0 Å². The zero-order valence-electron chi connectivity index (χ0n) is 27.0. The van der Waals surface area contributed by atoms with Crippen LogP contribution in [0.5, 0.6) is 11.5 Å². The Morgan fingerprint density at radius 3 is 1.00 bits per heavy atom. The standard InChI is InChI=1S/C39H64O2/c1-3-5-7-9-11-13-15-17-19-21-23-27-34-29-25-31-38(40)36(34)33-37-35(30-26-32-39(37)41)28-24-22-20-18-16-14-12-10-8-6-4-2/h25-26,29-32,40-41H,3-24,27-28,33H2,1-2H3. The van der Waals surface area contributed by atoms with E-state index in [9.17, 15) is 10.2 Å². The Kier molecular flexibility index (Phi) is 20.3. The van der Waals surface area contributed by atoms with Crippen LogP contribution in [0.4, 0.5) is 0 Å². The molecule has 2 nitrogen and oxygen atoms in total. The molecule has 0 saturated heterocycles. The lowest BCUT2D eigenvalue weighted by Crippen LogP contribution is -2.01. The molecule has 0 radical (unpaired) electrons. The fourth-order valence-corrected chi connectivity index (χ4v) is 6.25. The summed E-state index contributed by atoms with van der Waals surface area (Å²) in [4.78, 5) is 0. The Labute approximate surface area is 254 Å². The zero-order valence-corrected chi connectivity index (χ0v) is 27.0. The summed E-state index contributed by atoms with van der Waals surface area (Å²) in [6.45, 7) is 4.56. The maximum absolute atomic E-state index is 10.8. The molecule has 2 aromatic rings. The Morgan fingerprint density at radius 2 is 0.683 bits per heavy atom. The smallest absolute Gasteiger partial charge is 0.119 e. The molecule has 2 aromatic carbocycles. The highest BCUT2D eigenvalue weighted by Gasteiger charge is 2.14. The number of aromatic hydroxyl groups is 2. The van der Waals surface area contributed by atoms with E-state index in [-0.39, 0.29) is 0 Å². The number of hydrogen-bond acceptors (Lipinski definition) is 2. The number of aryl methyl sites for hydroxylation is 2. The summed E-state index contributed by atoms with van der Waals surface area (Å²) in [5, 5.41) is 21.6. The van der Waals surface area contributed by atoms with E-state index in [4.69, 9.17) is 0 Å². The molecule has 0 saturated carbocycles. The lowest BCUT2D eigenvalue weighted by atomic mass is 9.91. The molecule has 41 heavy (non-hydrogen) atoms. The van der Waals surface area contributed by atoms with Crippen LogP contribution in [-0.4, -0.2) is 10.2 Å². The van der Waals surface area contributed by atoms with Crippen LogP contribution in [-0.2, 0) is 19.3 Å². The monoisotopic (exact) mass is 564 g/mol. The summed E-state index contributed by atoms with van der Waals surface area (Å²) < 4.78 is 0. The van der Waals surface area contributed by atoms with Crippen LogP contribution in [0, 0.1) is 0 Å². The first-order chi connectivity index (χ1) is 20.2. The molecule has 0 spiro atoms. The predicted molar refractivity (Wildman–Crippen MR) is 179 cm³/mol. The van der Waals surface area contributed by atoms with Crippen molar-refractivity contribution in [2.75, 3.05) is 0 Å². The molecule has 0 aliphatic heterocycles. The fraction of sp³-hybridized carbons (Fsp3) is 0.692. The van der Waals surface area contributed by atoms with Gasteiger partial charge in [-0.25, -0.2) is 0 Å². The van der Waals surface area contributed by atoms with Gasteiger partial charge in [0, 0.05) is 17.5 Å². The van der Waals surface area contributed by atoms with Crippen molar-refractivity contribution in [2.24, 2.45) is 0 Å². The van der Waals surface area contributed by atoms with Gasteiger partial charge in [0.2, 0.25) is 0 Å². The van der Waals surface area contributed by atoms with Crippen LogP contribution in [0.3, 0.4) is 0 Å². The van der Waals surface area contributed by atoms with Gasteiger partial charge in [-0.3, -0.25) is 0 Å². The minimum atomic E-state index is 0.370. The second-order valence-corrected chi connectivity index (χ2v) is 12.6. The zero-order chi connectivity index (χ0) is 29.4. The topological polar surface area (TPSA) is 40.5 Å². The van der Waals surface area contributed by atoms with Gasteiger partial charge in [-0.15, -0.1) is 0 Å². The molecule has 0 unspecified atom stereocenters. The summed E-state index contributed by atoms with van der Waals surface area (Å²) in [7, 11) is 0. The molecule has 2 N–H and O–H groups in total. The second-order valence-electron chi connectivity index (χ2n) is 12.6. The SMILES string of the molecule is CCCCCCCCCCCCCc1cccc(O)c1Cc1c(O)cccc1CCCCCCCCCCCCC. The normalized spacial score (nSPS) is 11.4. The average molecular weight is 565 g/mol. The minimum Gasteiger partial charge on any atom is -0.508 e. The first-order valence-electron chi connectivity index (χ1n) is 17.8. The molecule has 2 rings (SSSR count). The molecule has 0 aromatic heterocycles. The molecule has 0 amide bonds. The third kappa shape index (κ3) is 15.7. The molecule has 0 aliphatic carbocycles. The van der Waals surface area contributed by atoms with Gasteiger partial charge >= 0.3 is 0 Å². The summed E-state index contributed by atoms with van der Waals surface area (Å²) in [5.41, 5.74) is 4.48. The summed E-state index contributed by atoms with van der Waals surface area (Å²) in [6.07, 6.45) is 32.2. The first-order valence-corrected chi connectivity index (χ1v) is 17.8.